The molecule has 1 aliphatic carbocycles. The standard InChI is InChI=1S/C24H25Cl2F3N6O/c1-34-6-8-35(9-7-34)20-12-19-18(11-16(20)26)32-22(33-19)31-17-10-14(2-3-15(17)25)13-30-21(36)23(4-5-23)24(27,28)29/h2-3,10-12H,4-9,13H2,1H3,(H,30,36)(H2,31,32,33). The molecule has 192 valence electrons. The molecule has 2 aromatic carbocycles. The van der Waals surface area contributed by atoms with E-state index >= 15 is 0 Å². The van der Waals surface area contributed by atoms with Gasteiger partial charge in [-0.15, -0.1) is 0 Å². The van der Waals surface area contributed by atoms with E-state index < -0.39 is 17.5 Å². The van der Waals surface area contributed by atoms with E-state index in [1.54, 1.807) is 18.2 Å². The number of halogens is 5. The molecular formula is C24H25Cl2F3N6O. The number of carbonyl (C=O) groups is 1. The van der Waals surface area contributed by atoms with Crippen LogP contribution in [0.5, 0.6) is 0 Å². The summed E-state index contributed by atoms with van der Waals surface area (Å²) >= 11 is 12.9. The van der Waals surface area contributed by atoms with E-state index in [1.165, 1.54) is 0 Å². The maximum atomic E-state index is 13.2. The van der Waals surface area contributed by atoms with Gasteiger partial charge in [-0.2, -0.15) is 13.2 Å². The van der Waals surface area contributed by atoms with Gasteiger partial charge in [0.05, 0.1) is 32.5 Å². The van der Waals surface area contributed by atoms with Crippen LogP contribution in [0.1, 0.15) is 18.4 Å². The van der Waals surface area contributed by atoms with Gasteiger partial charge in [0.2, 0.25) is 11.9 Å². The Kier molecular flexibility index (Phi) is 6.46. The van der Waals surface area contributed by atoms with E-state index in [0.29, 0.717) is 32.8 Å². The van der Waals surface area contributed by atoms with Gasteiger partial charge in [-0.3, -0.25) is 4.79 Å². The maximum Gasteiger partial charge on any atom is 0.403 e. The third-order valence-corrected chi connectivity index (χ3v) is 7.49. The van der Waals surface area contributed by atoms with Crippen LogP contribution in [0.4, 0.5) is 30.5 Å². The summed E-state index contributed by atoms with van der Waals surface area (Å²) in [5.74, 6) is -0.557. The van der Waals surface area contributed by atoms with Crippen LogP contribution in [0.3, 0.4) is 0 Å². The van der Waals surface area contributed by atoms with Crippen LogP contribution in [0, 0.1) is 5.41 Å². The monoisotopic (exact) mass is 540 g/mol. The van der Waals surface area contributed by atoms with Crippen molar-refractivity contribution in [1.82, 2.24) is 20.2 Å². The molecule has 7 nitrogen and oxygen atoms in total. The van der Waals surface area contributed by atoms with E-state index in [2.05, 4.69) is 37.4 Å². The fraction of sp³-hybridized carbons (Fsp3) is 0.417. The number of fused-ring (bicyclic) bond motifs is 1. The molecule has 0 spiro atoms. The van der Waals surface area contributed by atoms with Crippen molar-refractivity contribution in [2.24, 2.45) is 5.41 Å². The number of benzene rings is 2. The molecule has 0 radical (unpaired) electrons. The Labute approximate surface area is 215 Å². The first-order valence-electron chi connectivity index (χ1n) is 11.6. The van der Waals surface area contributed by atoms with Gasteiger partial charge in [-0.1, -0.05) is 29.3 Å². The number of carbonyl (C=O) groups excluding carboxylic acids is 1. The van der Waals surface area contributed by atoms with Crippen molar-refractivity contribution in [1.29, 1.82) is 0 Å². The average molecular weight is 541 g/mol. The molecule has 2 heterocycles. The highest BCUT2D eigenvalue weighted by Crippen LogP contribution is 2.57. The third-order valence-electron chi connectivity index (χ3n) is 6.86. The summed E-state index contributed by atoms with van der Waals surface area (Å²) in [5.41, 5.74) is 1.28. The summed E-state index contributed by atoms with van der Waals surface area (Å²) in [7, 11) is 2.09. The minimum atomic E-state index is -4.54. The molecule has 1 amide bonds. The Balaban J connectivity index is 1.30. The maximum absolute atomic E-state index is 13.2. The fourth-order valence-electron chi connectivity index (χ4n) is 4.39. The molecule has 2 aliphatic rings. The Morgan fingerprint density at radius 1 is 1.11 bits per heavy atom. The minimum Gasteiger partial charge on any atom is -0.368 e. The lowest BCUT2D eigenvalue weighted by Crippen LogP contribution is -2.44. The largest absolute Gasteiger partial charge is 0.403 e. The molecule has 36 heavy (non-hydrogen) atoms. The van der Waals surface area contributed by atoms with Crippen LogP contribution < -0.4 is 15.5 Å². The van der Waals surface area contributed by atoms with Crippen molar-refractivity contribution < 1.29 is 18.0 Å². The third kappa shape index (κ3) is 4.81. The summed E-state index contributed by atoms with van der Waals surface area (Å²) in [6.45, 7) is 3.62. The molecule has 12 heteroatoms. The highest BCUT2D eigenvalue weighted by Gasteiger charge is 2.68. The van der Waals surface area contributed by atoms with Gasteiger partial charge in [0.25, 0.3) is 0 Å². The fourth-order valence-corrected chi connectivity index (χ4v) is 4.83. The van der Waals surface area contributed by atoms with Gasteiger partial charge in [0.15, 0.2) is 0 Å². The molecule has 1 aromatic heterocycles. The number of nitrogens with one attached hydrogen (secondary N) is 3. The number of nitrogens with zero attached hydrogens (tertiary/aromatic N) is 3. The predicted molar refractivity (Wildman–Crippen MR) is 135 cm³/mol. The highest BCUT2D eigenvalue weighted by atomic mass is 35.5. The van der Waals surface area contributed by atoms with Crippen LogP contribution in [-0.4, -0.2) is 60.2 Å². The smallest absolute Gasteiger partial charge is 0.368 e. The van der Waals surface area contributed by atoms with E-state index in [0.717, 1.165) is 37.4 Å². The van der Waals surface area contributed by atoms with Crippen molar-refractivity contribution in [2.45, 2.75) is 25.6 Å². The van der Waals surface area contributed by atoms with Gasteiger partial charge >= 0.3 is 6.18 Å². The van der Waals surface area contributed by atoms with Crippen molar-refractivity contribution in [3.05, 3.63) is 45.9 Å². The number of aromatic amines is 1. The number of anilines is 3. The highest BCUT2D eigenvalue weighted by molar-refractivity contribution is 6.34. The van der Waals surface area contributed by atoms with E-state index in [4.69, 9.17) is 23.2 Å². The van der Waals surface area contributed by atoms with Crippen molar-refractivity contribution in [3.8, 4) is 0 Å². The van der Waals surface area contributed by atoms with Crippen molar-refractivity contribution in [3.63, 3.8) is 0 Å². The Bertz CT molecular complexity index is 1300. The molecule has 0 atom stereocenters. The van der Waals surface area contributed by atoms with Crippen LogP contribution in [-0.2, 0) is 11.3 Å². The number of amides is 1. The number of hydrogen-bond donors (Lipinski definition) is 3. The number of rotatable bonds is 6. The predicted octanol–water partition coefficient (Wildman–Crippen LogP) is 5.32. The first-order valence-corrected chi connectivity index (χ1v) is 12.3. The molecular weight excluding hydrogens is 516 g/mol. The Morgan fingerprint density at radius 3 is 2.50 bits per heavy atom. The molecule has 5 rings (SSSR count). The van der Waals surface area contributed by atoms with Gasteiger partial charge in [0, 0.05) is 32.7 Å². The number of imidazole rings is 1. The lowest BCUT2D eigenvalue weighted by atomic mass is 10.1. The van der Waals surface area contributed by atoms with Crippen LogP contribution in [0.2, 0.25) is 10.0 Å². The topological polar surface area (TPSA) is 76.3 Å². The van der Waals surface area contributed by atoms with Crippen LogP contribution in [0.15, 0.2) is 30.3 Å². The zero-order valence-corrected chi connectivity index (χ0v) is 21.0. The second-order valence-electron chi connectivity index (χ2n) is 9.40. The summed E-state index contributed by atoms with van der Waals surface area (Å²) in [4.78, 5) is 24.5. The Hall–Kier alpha value is -2.69. The zero-order valence-electron chi connectivity index (χ0n) is 19.5. The zero-order chi connectivity index (χ0) is 25.7. The lowest BCUT2D eigenvalue weighted by Gasteiger charge is -2.34. The summed E-state index contributed by atoms with van der Waals surface area (Å²) in [6.07, 6.45) is -4.90. The number of H-pyrrole nitrogens is 1. The molecule has 3 N–H and O–H groups in total. The van der Waals surface area contributed by atoms with Gasteiger partial charge < -0.3 is 25.4 Å². The molecule has 1 saturated carbocycles. The minimum absolute atomic E-state index is 0.0490. The molecule has 3 aromatic rings. The molecule has 1 aliphatic heterocycles. The van der Waals surface area contributed by atoms with Gasteiger partial charge in [-0.05, 0) is 49.7 Å². The molecule has 0 bridgehead atoms. The summed E-state index contributed by atoms with van der Waals surface area (Å²) in [5, 5.41) is 6.55. The van der Waals surface area contributed by atoms with Crippen molar-refractivity contribution in [2.75, 3.05) is 43.4 Å². The molecule has 2 fully saturated rings. The van der Waals surface area contributed by atoms with E-state index in [9.17, 15) is 18.0 Å². The quantitative estimate of drug-likeness (QED) is 0.394. The van der Waals surface area contributed by atoms with Gasteiger partial charge in [0.1, 0.15) is 5.41 Å². The van der Waals surface area contributed by atoms with E-state index in [1.807, 2.05) is 12.1 Å². The second kappa shape index (κ2) is 9.32. The number of likely N-dealkylation sites (N-methyl/N-ethyl adjacent to an activating group) is 1. The number of hydrogen-bond acceptors (Lipinski definition) is 5. The van der Waals surface area contributed by atoms with E-state index in [-0.39, 0.29) is 19.4 Å². The lowest BCUT2D eigenvalue weighted by molar-refractivity contribution is -0.192. The Morgan fingerprint density at radius 2 is 1.83 bits per heavy atom. The van der Waals surface area contributed by atoms with Gasteiger partial charge in [-0.25, -0.2) is 4.98 Å². The first-order chi connectivity index (χ1) is 17.1. The SMILES string of the molecule is CN1CCN(c2cc3[nH]c(Nc4cc(CNC(=O)C5(C(F)(F)F)CC5)ccc4Cl)nc3cc2Cl)CC1. The first kappa shape index (κ1) is 25.0. The summed E-state index contributed by atoms with van der Waals surface area (Å²) in [6, 6.07) is 8.73. The van der Waals surface area contributed by atoms with Crippen LogP contribution in [0.25, 0.3) is 11.0 Å². The average Bonchev–Trinajstić information content (AvgIpc) is 3.56. The number of alkyl halides is 3. The van der Waals surface area contributed by atoms with Crippen LogP contribution >= 0.6 is 23.2 Å². The normalized spacial score (nSPS) is 17.9. The van der Waals surface area contributed by atoms with Crippen molar-refractivity contribution >= 4 is 57.5 Å². The summed E-state index contributed by atoms with van der Waals surface area (Å²) < 4.78 is 39.5. The number of piperazine rings is 1. The number of aromatic nitrogens is 2. The molecule has 1 saturated heterocycles. The molecule has 0 unspecified atom stereocenters. The second-order valence-corrected chi connectivity index (χ2v) is 10.2.